The van der Waals surface area contributed by atoms with Crippen molar-refractivity contribution < 1.29 is 39.5 Å². The second kappa shape index (κ2) is 3.32. The molecule has 2 heterocycles. The largest absolute Gasteiger partial charge is 0.520 e. The van der Waals surface area contributed by atoms with Crippen molar-refractivity contribution in [3.63, 3.8) is 0 Å². The molecule has 3 nitrogen and oxygen atoms in total. The Hall–Kier alpha value is -1.23. The van der Waals surface area contributed by atoms with Crippen LogP contribution in [0.15, 0.2) is 0 Å². The normalized spacial score (nSPS) is 22.4. The second-order valence-electron chi connectivity index (χ2n) is 5.18. The molecule has 0 radical (unpaired) electrons. The highest BCUT2D eigenvalue weighted by atomic mass is 19.4. The van der Waals surface area contributed by atoms with Crippen LogP contribution in [-0.4, -0.2) is 26.7 Å². The first-order valence-electron chi connectivity index (χ1n) is 5.18. The lowest BCUT2D eigenvalue weighted by molar-refractivity contribution is -0.336. The first kappa shape index (κ1) is 15.2. The number of aromatic nitrogens is 3. The number of alkyl halides is 9. The predicted molar refractivity (Wildman–Crippen MR) is 45.7 cm³/mol. The van der Waals surface area contributed by atoms with Crippen LogP contribution in [0, 0.1) is 0 Å². The Morgan fingerprint density at radius 3 is 1.40 bits per heavy atom. The predicted octanol–water partition coefficient (Wildman–Crippen LogP) is 3.53. The van der Waals surface area contributed by atoms with E-state index in [9.17, 15) is 39.5 Å². The van der Waals surface area contributed by atoms with Crippen molar-refractivity contribution in [1.29, 1.82) is 0 Å². The molecule has 20 heavy (non-hydrogen) atoms. The van der Waals surface area contributed by atoms with E-state index in [1.165, 1.54) is 0 Å². The Morgan fingerprint density at radius 1 is 0.750 bits per heavy atom. The van der Waals surface area contributed by atoms with Gasteiger partial charge in [-0.1, -0.05) is 4.80 Å². The molecule has 0 aromatic carbocycles. The van der Waals surface area contributed by atoms with Gasteiger partial charge in [-0.3, -0.25) is 0 Å². The monoisotopic (exact) mass is 317 g/mol. The minimum Gasteiger partial charge on any atom is -0.179 e. The summed E-state index contributed by atoms with van der Waals surface area (Å²) < 4.78 is 115. The van der Waals surface area contributed by atoms with E-state index < -0.39 is 45.7 Å². The quantitative estimate of drug-likeness (QED) is 0.650. The maximum Gasteiger partial charge on any atom is 0.520 e. The van der Waals surface area contributed by atoms with Crippen LogP contribution < -0.4 is 0 Å². The van der Waals surface area contributed by atoms with Crippen molar-refractivity contribution in [2.45, 2.75) is 50.0 Å². The summed E-state index contributed by atoms with van der Waals surface area (Å²) in [6.45, 7) is 1.76. The number of rotatable bonds is 0. The van der Waals surface area contributed by atoms with Gasteiger partial charge in [-0.05, 0) is 13.8 Å². The Balaban J connectivity index is 2.71. The van der Waals surface area contributed by atoms with Gasteiger partial charge in [-0.15, -0.1) is 13.2 Å². The molecule has 12 heteroatoms. The topological polar surface area (TPSA) is 14.8 Å². The zero-order valence-electron chi connectivity index (χ0n) is 9.95. The van der Waals surface area contributed by atoms with E-state index >= 15 is 0 Å². The maximum absolute atomic E-state index is 12.9. The zero-order valence-corrected chi connectivity index (χ0v) is 9.95. The average Bonchev–Trinajstić information content (AvgIpc) is 2.79. The fourth-order valence-corrected chi connectivity index (χ4v) is 2.53. The van der Waals surface area contributed by atoms with E-state index in [-0.39, 0.29) is 4.80 Å². The van der Waals surface area contributed by atoms with Crippen molar-refractivity contribution in [1.82, 2.24) is 14.4 Å². The van der Waals surface area contributed by atoms with Gasteiger partial charge in [0.15, 0.2) is 0 Å². The molecule has 0 N–H and O–H groups in total. The Morgan fingerprint density at radius 2 is 1.15 bits per heavy atom. The summed E-state index contributed by atoms with van der Waals surface area (Å²) in [6, 6.07) is 0. The molecule has 0 unspecified atom stereocenters. The van der Waals surface area contributed by atoms with E-state index in [1.54, 1.807) is 0 Å². The van der Waals surface area contributed by atoms with Gasteiger partial charge in [-0.2, -0.15) is 35.9 Å². The van der Waals surface area contributed by atoms with Crippen molar-refractivity contribution in [2.75, 3.05) is 0 Å². The van der Waals surface area contributed by atoms with Gasteiger partial charge in [-0.25, -0.2) is 0 Å². The van der Waals surface area contributed by atoms with Crippen LogP contribution in [0.25, 0.3) is 0 Å². The molecule has 0 amide bonds. The molecule has 0 spiro atoms. The van der Waals surface area contributed by atoms with Gasteiger partial charge in [0.1, 0.15) is 0 Å². The molecule has 0 saturated carbocycles. The molecule has 118 valence electrons. The van der Waals surface area contributed by atoms with Gasteiger partial charge in [0.05, 0.1) is 5.54 Å². The average molecular weight is 317 g/mol. The van der Waals surface area contributed by atoms with Crippen LogP contribution in [0.5, 0.6) is 0 Å². The third-order valence-corrected chi connectivity index (χ3v) is 3.24. The Kier molecular flexibility index (Phi) is 2.52. The molecule has 1 aliphatic heterocycles. The van der Waals surface area contributed by atoms with Gasteiger partial charge >= 0.3 is 18.7 Å². The number of halogens is 9. The van der Waals surface area contributed by atoms with E-state index in [0.717, 1.165) is 13.8 Å². The van der Waals surface area contributed by atoms with Crippen LogP contribution in [0.3, 0.4) is 0 Å². The summed E-state index contributed by atoms with van der Waals surface area (Å²) in [5.41, 5.74) is -6.54. The highest BCUT2D eigenvalue weighted by Gasteiger charge is 2.82. The molecule has 1 aromatic heterocycles. The van der Waals surface area contributed by atoms with E-state index in [1.807, 2.05) is 0 Å². The van der Waals surface area contributed by atoms with Crippen LogP contribution in [0.1, 0.15) is 20.3 Å². The number of hydrogen-bond acceptors (Lipinski definition) is 0. The van der Waals surface area contributed by atoms with E-state index in [2.05, 4.69) is 0 Å². The van der Waals surface area contributed by atoms with E-state index in [4.69, 9.17) is 0 Å². The minimum absolute atomic E-state index is 0.0615. The molecule has 0 saturated heterocycles. The lowest BCUT2D eigenvalue weighted by atomic mass is 9.85. The van der Waals surface area contributed by atoms with Crippen LogP contribution in [0.2, 0.25) is 0 Å². The fourth-order valence-electron chi connectivity index (χ4n) is 2.53. The summed E-state index contributed by atoms with van der Waals surface area (Å²) in [7, 11) is 0. The van der Waals surface area contributed by atoms with Gasteiger partial charge in [0, 0.05) is 6.42 Å². The third kappa shape index (κ3) is 1.62. The summed E-state index contributed by atoms with van der Waals surface area (Å²) in [5.74, 6) is 0. The van der Waals surface area contributed by atoms with Crippen LogP contribution in [-0.2, 0) is 17.4 Å². The van der Waals surface area contributed by atoms with Crippen molar-refractivity contribution in [2.24, 2.45) is 0 Å². The highest BCUT2D eigenvalue weighted by molar-refractivity contribution is 5.09. The molecule has 0 aliphatic carbocycles. The third-order valence-electron chi connectivity index (χ3n) is 3.24. The van der Waals surface area contributed by atoms with Gasteiger partial charge < -0.3 is 0 Å². The molecule has 0 atom stereocenters. The Labute approximate surface area is 105 Å². The second-order valence-corrected chi connectivity index (χ2v) is 5.18. The lowest BCUT2D eigenvalue weighted by Gasteiger charge is -2.34. The van der Waals surface area contributed by atoms with Gasteiger partial charge in [0.25, 0.3) is 5.54 Å². The number of hydrogen-bond donors (Lipinski definition) is 0. The molecule has 1 aromatic rings. The molecule has 1 aliphatic rings. The minimum atomic E-state index is -5.91. The Bertz CT molecular complexity index is 495. The lowest BCUT2D eigenvalue weighted by Crippen LogP contribution is -2.57. The summed E-state index contributed by atoms with van der Waals surface area (Å²) >= 11 is 0. The first-order chi connectivity index (χ1) is 8.57. The van der Waals surface area contributed by atoms with Crippen molar-refractivity contribution in [3.05, 3.63) is 0 Å². The number of fused-ring (bicyclic) bond motifs is 1. The number of nitrogens with zero attached hydrogens (tertiary/aromatic N) is 3. The highest BCUT2D eigenvalue weighted by Crippen LogP contribution is 2.60. The molecule has 0 fully saturated rings. The zero-order chi connectivity index (χ0) is 15.9. The molecular formula is C8H8F9N3. The SMILES string of the molecule is CC1(C)CC(C(F)(F)F)(C(F)(F)F)n2n(C(F)(F)F)n21. The summed E-state index contributed by atoms with van der Waals surface area (Å²) in [5, 5.41) is 0. The summed E-state index contributed by atoms with van der Waals surface area (Å²) in [6.07, 6.45) is -18.7. The fraction of sp³-hybridized carbons (Fsp3) is 1.00. The van der Waals surface area contributed by atoms with Crippen LogP contribution in [0.4, 0.5) is 39.5 Å². The van der Waals surface area contributed by atoms with Gasteiger partial charge in [0.2, 0.25) is 0 Å². The standard InChI is InChI=1S/C8H8F9N3/c1-4(2)3-5(6(9,10)11,7(12,13)14)19-18(4)20(19)8(15,16)17/h3H2,1-2H3. The van der Waals surface area contributed by atoms with E-state index in [0.29, 0.717) is 0 Å². The van der Waals surface area contributed by atoms with Crippen molar-refractivity contribution in [3.8, 4) is 0 Å². The maximum atomic E-state index is 12.9. The smallest absolute Gasteiger partial charge is 0.179 e. The first-order valence-corrected chi connectivity index (χ1v) is 5.18. The molecule has 0 bridgehead atoms. The molecule has 2 rings (SSSR count). The molecular weight excluding hydrogens is 309 g/mol. The van der Waals surface area contributed by atoms with Crippen LogP contribution >= 0.6 is 0 Å². The van der Waals surface area contributed by atoms with Crippen molar-refractivity contribution >= 4 is 0 Å². The summed E-state index contributed by atoms with van der Waals surface area (Å²) in [4.78, 5) is -1.82.